The van der Waals surface area contributed by atoms with Gasteiger partial charge >= 0.3 is 6.03 Å². The van der Waals surface area contributed by atoms with Gasteiger partial charge in [-0.1, -0.05) is 15.9 Å². The van der Waals surface area contributed by atoms with Crippen molar-refractivity contribution in [3.8, 4) is 0 Å². The average molecular weight is 528 g/mol. The average Bonchev–Trinajstić information content (AvgIpc) is 2.99. The first-order valence-electron chi connectivity index (χ1n) is 9.59. The van der Waals surface area contributed by atoms with Gasteiger partial charge < -0.3 is 15.5 Å². The molecule has 4 rings (SSSR count). The molecular weight excluding hydrogens is 510 g/mol. The molecule has 3 aromatic rings. The lowest BCUT2D eigenvalue weighted by molar-refractivity contribution is -0.111. The summed E-state index contributed by atoms with van der Waals surface area (Å²) in [6.45, 7) is 0. The van der Waals surface area contributed by atoms with E-state index in [1.807, 2.05) is 18.2 Å². The van der Waals surface area contributed by atoms with Crippen LogP contribution in [0.5, 0.6) is 0 Å². The Kier molecular flexibility index (Phi) is 6.02. The number of carbonyl (C=O) groups excluding carboxylic acids is 2. The van der Waals surface area contributed by atoms with Gasteiger partial charge in [0.25, 0.3) is 5.91 Å². The number of rotatable bonds is 4. The van der Waals surface area contributed by atoms with Gasteiger partial charge in [-0.2, -0.15) is 0 Å². The SMILES string of the molecule is CN1C(=O)C(=Nc2ccc(NC(=O)Nc3ccc(S(N)(=O)=O)cc3)cc2)c2cc(Br)ccc21. The normalized spacial score (nSPS) is 14.3. The van der Waals surface area contributed by atoms with Gasteiger partial charge in [-0.15, -0.1) is 0 Å². The van der Waals surface area contributed by atoms with E-state index in [1.54, 1.807) is 36.2 Å². The molecule has 0 bridgehead atoms. The number of hydrogen-bond acceptors (Lipinski definition) is 5. The molecule has 0 atom stereocenters. The molecule has 0 saturated heterocycles. The van der Waals surface area contributed by atoms with Gasteiger partial charge in [0.05, 0.1) is 16.3 Å². The molecule has 0 unspecified atom stereocenters. The zero-order chi connectivity index (χ0) is 23.8. The zero-order valence-corrected chi connectivity index (χ0v) is 19.6. The summed E-state index contributed by atoms with van der Waals surface area (Å²) >= 11 is 3.42. The van der Waals surface area contributed by atoms with Crippen molar-refractivity contribution in [3.63, 3.8) is 0 Å². The molecule has 3 aromatic carbocycles. The van der Waals surface area contributed by atoms with E-state index < -0.39 is 16.1 Å². The van der Waals surface area contributed by atoms with Crippen molar-refractivity contribution in [3.05, 3.63) is 76.8 Å². The number of nitrogens with two attached hydrogens (primary N) is 1. The monoisotopic (exact) mass is 527 g/mol. The van der Waals surface area contributed by atoms with Gasteiger partial charge in [0.2, 0.25) is 10.0 Å². The molecule has 9 nitrogen and oxygen atoms in total. The number of fused-ring (bicyclic) bond motifs is 1. The first kappa shape index (κ1) is 22.6. The number of hydrogen-bond donors (Lipinski definition) is 3. The van der Waals surface area contributed by atoms with E-state index >= 15 is 0 Å². The van der Waals surface area contributed by atoms with E-state index in [9.17, 15) is 18.0 Å². The molecule has 0 aromatic heterocycles. The number of nitrogens with one attached hydrogen (secondary N) is 2. The van der Waals surface area contributed by atoms with Crippen LogP contribution in [0.15, 0.2) is 81.1 Å². The number of anilines is 3. The second-order valence-corrected chi connectivity index (χ2v) is 9.66. The molecule has 1 aliphatic rings. The van der Waals surface area contributed by atoms with Gasteiger partial charge in [0, 0.05) is 28.5 Å². The van der Waals surface area contributed by atoms with E-state index in [2.05, 4.69) is 31.6 Å². The number of aliphatic imine (C=N–C) groups is 1. The topological polar surface area (TPSA) is 134 Å². The number of halogens is 1. The summed E-state index contributed by atoms with van der Waals surface area (Å²) < 4.78 is 23.4. The van der Waals surface area contributed by atoms with E-state index in [1.165, 1.54) is 24.3 Å². The number of urea groups is 1. The highest BCUT2D eigenvalue weighted by Crippen LogP contribution is 2.32. The number of carbonyl (C=O) groups is 2. The summed E-state index contributed by atoms with van der Waals surface area (Å²) in [5, 5.41) is 10.3. The van der Waals surface area contributed by atoms with Crippen LogP contribution in [0.1, 0.15) is 5.56 Å². The van der Waals surface area contributed by atoms with Gasteiger partial charge in [-0.25, -0.2) is 23.3 Å². The van der Waals surface area contributed by atoms with Crippen molar-refractivity contribution in [2.24, 2.45) is 10.1 Å². The first-order chi connectivity index (χ1) is 15.6. The van der Waals surface area contributed by atoms with Crippen LogP contribution >= 0.6 is 15.9 Å². The Bertz CT molecular complexity index is 1390. The highest BCUT2D eigenvalue weighted by Gasteiger charge is 2.31. The highest BCUT2D eigenvalue weighted by molar-refractivity contribution is 9.10. The maximum absolute atomic E-state index is 12.6. The number of primary sulfonamides is 1. The lowest BCUT2D eigenvalue weighted by Crippen LogP contribution is -2.25. The molecular formula is C22H18BrN5O4S. The maximum atomic E-state index is 12.6. The number of amides is 3. The van der Waals surface area contributed by atoms with Crippen molar-refractivity contribution in [1.82, 2.24) is 0 Å². The lowest BCUT2D eigenvalue weighted by Gasteiger charge is -2.08. The molecule has 0 aliphatic carbocycles. The van der Waals surface area contributed by atoms with Gasteiger partial charge in [-0.05, 0) is 66.7 Å². The Balaban J connectivity index is 1.45. The summed E-state index contributed by atoms with van der Waals surface area (Å²) in [7, 11) is -2.10. The van der Waals surface area contributed by atoms with Crippen LogP contribution < -0.4 is 20.7 Å². The van der Waals surface area contributed by atoms with Crippen molar-refractivity contribution in [2.75, 3.05) is 22.6 Å². The van der Waals surface area contributed by atoms with Crippen molar-refractivity contribution in [2.45, 2.75) is 4.90 Å². The summed E-state index contributed by atoms with van der Waals surface area (Å²) in [5.41, 5.74) is 3.34. The summed E-state index contributed by atoms with van der Waals surface area (Å²) in [6.07, 6.45) is 0. The molecule has 11 heteroatoms. The smallest absolute Gasteiger partial charge is 0.309 e. The number of likely N-dealkylation sites (N-methyl/N-ethyl adjacent to an activating group) is 1. The molecule has 1 aliphatic heterocycles. The van der Waals surface area contributed by atoms with Crippen molar-refractivity contribution < 1.29 is 18.0 Å². The number of benzene rings is 3. The van der Waals surface area contributed by atoms with E-state index in [4.69, 9.17) is 5.14 Å². The molecule has 4 N–H and O–H groups in total. The van der Waals surface area contributed by atoms with Gasteiger partial charge in [-0.3, -0.25) is 4.79 Å². The Morgan fingerprint density at radius 2 is 1.55 bits per heavy atom. The second kappa shape index (κ2) is 8.77. The van der Waals surface area contributed by atoms with Crippen LogP contribution in [0.25, 0.3) is 0 Å². The fraction of sp³-hybridized carbons (Fsp3) is 0.0455. The Labute approximate surface area is 198 Å². The molecule has 168 valence electrons. The predicted molar refractivity (Wildman–Crippen MR) is 131 cm³/mol. The van der Waals surface area contributed by atoms with Crippen molar-refractivity contribution >= 4 is 66.4 Å². The third-order valence-corrected chi connectivity index (χ3v) is 6.31. The predicted octanol–water partition coefficient (Wildman–Crippen LogP) is 3.84. The van der Waals surface area contributed by atoms with Crippen LogP contribution in [0.2, 0.25) is 0 Å². The standard InChI is InChI=1S/C22H18BrN5O4S/c1-28-19-11-2-13(23)12-18(19)20(21(28)29)25-14-3-5-15(6-4-14)26-22(30)27-16-7-9-17(10-8-16)33(24,31)32/h2-12H,1H3,(H2,24,31,32)(H2,26,27,30). The van der Waals surface area contributed by atoms with Crippen LogP contribution in [0, 0.1) is 0 Å². The zero-order valence-electron chi connectivity index (χ0n) is 17.2. The fourth-order valence-corrected chi connectivity index (χ4v) is 4.13. The van der Waals surface area contributed by atoms with Crippen molar-refractivity contribution in [1.29, 1.82) is 0 Å². The molecule has 33 heavy (non-hydrogen) atoms. The summed E-state index contributed by atoms with van der Waals surface area (Å²) in [5.74, 6) is -0.196. The van der Waals surface area contributed by atoms with Crippen LogP contribution in [-0.2, 0) is 14.8 Å². The van der Waals surface area contributed by atoms with E-state index in [-0.39, 0.29) is 10.8 Å². The Hall–Kier alpha value is -3.54. The molecule has 3 amide bonds. The van der Waals surface area contributed by atoms with Gasteiger partial charge in [0.1, 0.15) is 5.71 Å². The minimum Gasteiger partial charge on any atom is -0.309 e. The Morgan fingerprint density at radius 1 is 0.970 bits per heavy atom. The maximum Gasteiger partial charge on any atom is 0.323 e. The molecule has 0 fully saturated rings. The number of sulfonamides is 1. The lowest BCUT2D eigenvalue weighted by atomic mass is 10.1. The molecule has 0 radical (unpaired) electrons. The van der Waals surface area contributed by atoms with Gasteiger partial charge in [0.15, 0.2) is 0 Å². The second-order valence-electron chi connectivity index (χ2n) is 7.18. The summed E-state index contributed by atoms with van der Waals surface area (Å²) in [4.78, 5) is 30.9. The highest BCUT2D eigenvalue weighted by atomic mass is 79.9. The largest absolute Gasteiger partial charge is 0.323 e. The third kappa shape index (κ3) is 4.95. The molecule has 1 heterocycles. The third-order valence-electron chi connectivity index (χ3n) is 4.89. The fourth-order valence-electron chi connectivity index (χ4n) is 3.25. The molecule has 0 spiro atoms. The molecule has 0 saturated carbocycles. The first-order valence-corrected chi connectivity index (χ1v) is 11.9. The Morgan fingerprint density at radius 3 is 2.12 bits per heavy atom. The number of nitrogens with zero attached hydrogens (tertiary/aromatic N) is 2. The van der Waals surface area contributed by atoms with Crippen LogP contribution in [0.4, 0.5) is 27.5 Å². The van der Waals surface area contributed by atoms with E-state index in [0.717, 1.165) is 15.7 Å². The minimum atomic E-state index is -3.80. The minimum absolute atomic E-state index is 0.0485. The van der Waals surface area contributed by atoms with Crippen LogP contribution in [0.3, 0.4) is 0 Å². The summed E-state index contributed by atoms with van der Waals surface area (Å²) in [6, 6.07) is 17.2. The quantitative estimate of drug-likeness (QED) is 0.475. The van der Waals surface area contributed by atoms with E-state index in [0.29, 0.717) is 22.8 Å². The van der Waals surface area contributed by atoms with Crippen LogP contribution in [-0.4, -0.2) is 33.1 Å².